The molecule has 0 spiro atoms. The second-order valence-electron chi connectivity index (χ2n) is 6.59. The number of pyridine rings is 1. The molecule has 1 aromatic heterocycles. The molecular weight excluding hydrogens is 367 g/mol. The van der Waals surface area contributed by atoms with Crippen LogP contribution in [0.3, 0.4) is 0 Å². The summed E-state index contributed by atoms with van der Waals surface area (Å²) in [5, 5.41) is 2.48. The molecule has 28 heavy (non-hydrogen) atoms. The van der Waals surface area contributed by atoms with Crippen molar-refractivity contribution in [2.75, 3.05) is 30.0 Å². The summed E-state index contributed by atoms with van der Waals surface area (Å²) in [6, 6.07) is 8.52. The van der Waals surface area contributed by atoms with Crippen molar-refractivity contribution >= 4 is 23.6 Å². The minimum Gasteiger partial charge on any atom is -0.453 e. The molecule has 0 aliphatic carbocycles. The number of hydrogen-bond acceptors (Lipinski definition) is 6. The van der Waals surface area contributed by atoms with Crippen LogP contribution in [0.5, 0.6) is 0 Å². The van der Waals surface area contributed by atoms with Gasteiger partial charge in [-0.3, -0.25) is 9.88 Å². The molecule has 0 saturated carbocycles. The van der Waals surface area contributed by atoms with Crippen LogP contribution in [0.25, 0.3) is 0 Å². The predicted octanol–water partition coefficient (Wildman–Crippen LogP) is 2.42. The molecule has 0 bridgehead atoms. The van der Waals surface area contributed by atoms with Crippen LogP contribution in [0.4, 0.5) is 25.4 Å². The highest BCUT2D eigenvalue weighted by Crippen LogP contribution is 2.32. The first-order chi connectivity index (χ1) is 13.5. The number of methoxy groups -OCH3 is 1. The van der Waals surface area contributed by atoms with E-state index in [2.05, 4.69) is 15.0 Å². The third-order valence-electron chi connectivity index (χ3n) is 4.80. The number of halogens is 1. The van der Waals surface area contributed by atoms with E-state index in [1.54, 1.807) is 18.3 Å². The van der Waals surface area contributed by atoms with E-state index < -0.39 is 24.1 Å². The number of fused-ring (bicyclic) bond motifs is 1. The van der Waals surface area contributed by atoms with Crippen LogP contribution < -0.4 is 15.1 Å². The molecular formula is C19H19FN4O4. The summed E-state index contributed by atoms with van der Waals surface area (Å²) in [6.45, 7) is 1.46. The average molecular weight is 386 g/mol. The minimum absolute atomic E-state index is 0.120. The van der Waals surface area contributed by atoms with Crippen molar-refractivity contribution in [3.63, 3.8) is 0 Å². The Morgan fingerprint density at radius 3 is 3.00 bits per heavy atom. The molecule has 9 heteroatoms. The molecule has 2 aliphatic rings. The lowest BCUT2D eigenvalue weighted by atomic mass is 10.2. The maximum atomic E-state index is 14.8. The van der Waals surface area contributed by atoms with Gasteiger partial charge in [0.25, 0.3) is 0 Å². The molecule has 1 saturated heterocycles. The van der Waals surface area contributed by atoms with Gasteiger partial charge < -0.3 is 19.7 Å². The fourth-order valence-electron chi connectivity index (χ4n) is 3.40. The number of nitrogens with zero attached hydrogens (tertiary/aromatic N) is 3. The number of hydrogen-bond donors (Lipinski definition) is 1. The molecule has 3 heterocycles. The summed E-state index contributed by atoms with van der Waals surface area (Å²) in [5.41, 5.74) is 2.88. The van der Waals surface area contributed by atoms with Crippen molar-refractivity contribution in [2.45, 2.75) is 19.2 Å². The molecule has 4 rings (SSSR count). The van der Waals surface area contributed by atoms with Gasteiger partial charge in [-0.15, -0.1) is 0 Å². The average Bonchev–Trinajstić information content (AvgIpc) is 3.29. The van der Waals surface area contributed by atoms with E-state index in [0.29, 0.717) is 24.5 Å². The highest BCUT2D eigenvalue weighted by atomic mass is 19.1. The number of anilines is 2. The number of rotatable bonds is 4. The molecule has 0 unspecified atom stereocenters. The van der Waals surface area contributed by atoms with E-state index in [9.17, 15) is 14.0 Å². The first kappa shape index (κ1) is 18.0. The van der Waals surface area contributed by atoms with Crippen LogP contribution in [-0.4, -0.2) is 43.5 Å². The van der Waals surface area contributed by atoms with Crippen molar-refractivity contribution in [3.05, 3.63) is 53.6 Å². The van der Waals surface area contributed by atoms with Crippen molar-refractivity contribution in [1.29, 1.82) is 0 Å². The van der Waals surface area contributed by atoms with Crippen molar-refractivity contribution < 1.29 is 23.5 Å². The summed E-state index contributed by atoms with van der Waals surface area (Å²) in [6.07, 6.45) is 0.00720. The molecule has 1 aromatic carbocycles. The van der Waals surface area contributed by atoms with Gasteiger partial charge in [-0.25, -0.2) is 14.0 Å². The highest BCUT2D eigenvalue weighted by Gasteiger charge is 2.33. The molecule has 0 radical (unpaired) electrons. The zero-order valence-corrected chi connectivity index (χ0v) is 15.2. The van der Waals surface area contributed by atoms with Crippen molar-refractivity contribution in [1.82, 2.24) is 10.3 Å². The first-order valence-electron chi connectivity index (χ1n) is 8.82. The quantitative estimate of drug-likeness (QED) is 0.869. The summed E-state index contributed by atoms with van der Waals surface area (Å²) in [5.74, 6) is -0.422. The number of carbonyl (C=O) groups is 2. The van der Waals surface area contributed by atoms with Gasteiger partial charge in [-0.05, 0) is 29.8 Å². The van der Waals surface area contributed by atoms with E-state index in [1.807, 2.05) is 17.0 Å². The molecule has 2 amide bonds. The van der Waals surface area contributed by atoms with Crippen LogP contribution in [0.2, 0.25) is 0 Å². The number of amides is 2. The second kappa shape index (κ2) is 7.34. The minimum atomic E-state index is -0.606. The molecule has 146 valence electrons. The van der Waals surface area contributed by atoms with Crippen molar-refractivity contribution in [3.8, 4) is 0 Å². The first-order valence-corrected chi connectivity index (χ1v) is 8.82. The van der Waals surface area contributed by atoms with Gasteiger partial charge in [0.05, 0.1) is 43.8 Å². The Hall–Kier alpha value is -3.36. The number of alkyl carbamates (subject to hydrolysis) is 1. The zero-order chi connectivity index (χ0) is 19.7. The maximum Gasteiger partial charge on any atom is 0.414 e. The molecule has 2 aliphatic heterocycles. The summed E-state index contributed by atoms with van der Waals surface area (Å²) >= 11 is 0. The van der Waals surface area contributed by atoms with Gasteiger partial charge in [-0.2, -0.15) is 0 Å². The zero-order valence-electron chi connectivity index (χ0n) is 15.2. The Morgan fingerprint density at radius 2 is 2.25 bits per heavy atom. The van der Waals surface area contributed by atoms with Crippen molar-refractivity contribution in [2.24, 2.45) is 0 Å². The standard InChI is InChI=1S/C19H19FN4O4/c1-27-18(25)22-8-14-10-24(19(26)28-14)13-4-5-17(15(20)7-13)23-9-12-3-2-6-21-16(12)11-23/h2-7,14H,8-11H2,1H3,(H,22,25)/t14-/m0/s1. The number of ether oxygens (including phenoxy) is 2. The van der Waals surface area contributed by atoms with Gasteiger partial charge in [0.2, 0.25) is 0 Å². The lowest BCUT2D eigenvalue weighted by Crippen LogP contribution is -2.34. The SMILES string of the molecule is COC(=O)NC[C@H]1CN(c2ccc(N3Cc4cccnc4C3)c(F)c2)C(=O)O1. The smallest absolute Gasteiger partial charge is 0.414 e. The van der Waals surface area contributed by atoms with Gasteiger partial charge in [0, 0.05) is 12.7 Å². The number of carbonyl (C=O) groups excluding carboxylic acids is 2. The van der Waals surface area contributed by atoms with Gasteiger partial charge in [-0.1, -0.05) is 6.07 Å². The van der Waals surface area contributed by atoms with E-state index in [1.165, 1.54) is 18.1 Å². The third-order valence-corrected chi connectivity index (χ3v) is 4.80. The monoisotopic (exact) mass is 386 g/mol. The molecule has 2 aromatic rings. The summed E-state index contributed by atoms with van der Waals surface area (Å²) in [4.78, 5) is 30.8. The van der Waals surface area contributed by atoms with Gasteiger partial charge >= 0.3 is 12.2 Å². The van der Waals surface area contributed by atoms with Crippen LogP contribution >= 0.6 is 0 Å². The van der Waals surface area contributed by atoms with Gasteiger partial charge in [0.15, 0.2) is 0 Å². The fourth-order valence-corrected chi connectivity index (χ4v) is 3.40. The largest absolute Gasteiger partial charge is 0.453 e. The lowest BCUT2D eigenvalue weighted by Gasteiger charge is -2.20. The summed E-state index contributed by atoms with van der Waals surface area (Å²) < 4.78 is 24.5. The molecule has 1 N–H and O–H groups in total. The maximum absolute atomic E-state index is 14.8. The van der Waals surface area contributed by atoms with Crippen LogP contribution in [0, 0.1) is 5.82 Å². The predicted molar refractivity (Wildman–Crippen MR) is 98.5 cm³/mol. The van der Waals surface area contributed by atoms with Crippen LogP contribution in [-0.2, 0) is 22.6 Å². The lowest BCUT2D eigenvalue weighted by molar-refractivity contribution is 0.132. The van der Waals surface area contributed by atoms with Gasteiger partial charge in [0.1, 0.15) is 11.9 Å². The number of nitrogens with one attached hydrogen (secondary N) is 1. The Labute approximate surface area is 160 Å². The number of cyclic esters (lactones) is 1. The number of aromatic nitrogens is 1. The molecule has 8 nitrogen and oxygen atoms in total. The summed E-state index contributed by atoms with van der Waals surface area (Å²) in [7, 11) is 1.25. The van der Waals surface area contributed by atoms with E-state index in [0.717, 1.165) is 11.3 Å². The van der Waals surface area contributed by atoms with E-state index >= 15 is 0 Å². The fraction of sp³-hybridized carbons (Fsp3) is 0.316. The molecule has 1 fully saturated rings. The van der Waals surface area contributed by atoms with Crippen LogP contribution in [0.15, 0.2) is 36.5 Å². The Morgan fingerprint density at radius 1 is 1.39 bits per heavy atom. The van der Waals surface area contributed by atoms with E-state index in [4.69, 9.17) is 4.74 Å². The normalized spacial score (nSPS) is 18.1. The highest BCUT2D eigenvalue weighted by molar-refractivity contribution is 5.90. The molecule has 1 atom stereocenters. The topological polar surface area (TPSA) is 84.0 Å². The van der Waals surface area contributed by atoms with E-state index in [-0.39, 0.29) is 13.1 Å². The third kappa shape index (κ3) is 3.42. The second-order valence-corrected chi connectivity index (χ2v) is 6.59. The Balaban J connectivity index is 1.45. The number of benzene rings is 1. The Bertz CT molecular complexity index is 898. The van der Waals surface area contributed by atoms with Crippen LogP contribution in [0.1, 0.15) is 11.3 Å². The Kier molecular flexibility index (Phi) is 4.72.